The average molecular weight is 453 g/mol. The van der Waals surface area contributed by atoms with Crippen LogP contribution < -0.4 is 0 Å². The van der Waals surface area contributed by atoms with Crippen molar-refractivity contribution in [3.63, 3.8) is 0 Å². The summed E-state index contributed by atoms with van der Waals surface area (Å²) in [7, 11) is 0. The standard InChI is InChI=1S/C27H21ClN4O/c28-26-25-24(31-27(32(25)15-14-29-26)19-8-11-21(33)12-9-19)20-7-6-18-10-13-22(30-23(18)16-20)17-4-2-1-3-5-17/h1-7,10,13-16,19H,8-9,11-12H2. The van der Waals surface area contributed by atoms with Crippen LogP contribution in [0.1, 0.15) is 37.4 Å². The van der Waals surface area contributed by atoms with Gasteiger partial charge in [-0.05, 0) is 25.0 Å². The lowest BCUT2D eigenvalue weighted by atomic mass is 9.88. The van der Waals surface area contributed by atoms with Crippen LogP contribution in [-0.2, 0) is 4.79 Å². The van der Waals surface area contributed by atoms with E-state index >= 15 is 0 Å². The van der Waals surface area contributed by atoms with Crippen LogP contribution in [0.15, 0.2) is 73.1 Å². The topological polar surface area (TPSA) is 60.2 Å². The summed E-state index contributed by atoms with van der Waals surface area (Å²) in [5, 5.41) is 1.49. The Morgan fingerprint density at radius 2 is 1.70 bits per heavy atom. The molecule has 0 aliphatic heterocycles. The van der Waals surface area contributed by atoms with Gasteiger partial charge in [0.05, 0.1) is 16.9 Å². The van der Waals surface area contributed by atoms with Crippen LogP contribution in [0.5, 0.6) is 0 Å². The Balaban J connectivity index is 1.50. The molecule has 0 unspecified atom stereocenters. The van der Waals surface area contributed by atoms with Crippen LogP contribution >= 0.6 is 11.6 Å². The van der Waals surface area contributed by atoms with Gasteiger partial charge >= 0.3 is 0 Å². The number of carbonyl (C=O) groups is 1. The number of hydrogen-bond donors (Lipinski definition) is 0. The fourth-order valence-electron chi connectivity index (χ4n) is 4.75. The number of benzene rings is 2. The van der Waals surface area contributed by atoms with Gasteiger partial charge in [-0.15, -0.1) is 0 Å². The van der Waals surface area contributed by atoms with Gasteiger partial charge in [-0.1, -0.05) is 60.1 Å². The van der Waals surface area contributed by atoms with Gasteiger partial charge < -0.3 is 0 Å². The fourth-order valence-corrected chi connectivity index (χ4v) is 4.98. The molecule has 5 aromatic rings. The van der Waals surface area contributed by atoms with Crippen molar-refractivity contribution in [2.75, 3.05) is 0 Å². The molecule has 0 N–H and O–H groups in total. The van der Waals surface area contributed by atoms with E-state index in [2.05, 4.69) is 41.4 Å². The van der Waals surface area contributed by atoms with E-state index in [1.165, 1.54) is 0 Å². The van der Waals surface area contributed by atoms with E-state index in [0.29, 0.717) is 23.8 Å². The highest BCUT2D eigenvalue weighted by Crippen LogP contribution is 2.37. The first kappa shape index (κ1) is 20.1. The minimum atomic E-state index is 0.227. The van der Waals surface area contributed by atoms with E-state index in [1.807, 2.05) is 34.9 Å². The molecule has 6 rings (SSSR count). The zero-order valence-electron chi connectivity index (χ0n) is 17.9. The van der Waals surface area contributed by atoms with E-state index in [4.69, 9.17) is 21.6 Å². The van der Waals surface area contributed by atoms with Crippen molar-refractivity contribution in [2.24, 2.45) is 0 Å². The van der Waals surface area contributed by atoms with Crippen LogP contribution in [0.25, 0.3) is 38.9 Å². The van der Waals surface area contributed by atoms with Crippen molar-refractivity contribution in [1.29, 1.82) is 0 Å². The number of halogens is 1. The van der Waals surface area contributed by atoms with Crippen LogP contribution in [0, 0.1) is 0 Å². The molecule has 0 atom stereocenters. The third kappa shape index (κ3) is 3.58. The molecule has 0 bridgehead atoms. The zero-order valence-corrected chi connectivity index (χ0v) is 18.7. The normalized spacial score (nSPS) is 14.9. The number of rotatable bonds is 3. The monoisotopic (exact) mass is 452 g/mol. The molecule has 1 aliphatic carbocycles. The Hall–Kier alpha value is -3.57. The summed E-state index contributed by atoms with van der Waals surface area (Å²) in [5.74, 6) is 1.51. The molecule has 0 spiro atoms. The lowest BCUT2D eigenvalue weighted by molar-refractivity contribution is -0.120. The third-order valence-electron chi connectivity index (χ3n) is 6.48. The maximum atomic E-state index is 11.8. The molecule has 1 aliphatic rings. The Morgan fingerprint density at radius 3 is 2.52 bits per heavy atom. The van der Waals surface area contributed by atoms with Crippen LogP contribution in [0.2, 0.25) is 5.15 Å². The number of carbonyl (C=O) groups excluding carboxylic acids is 1. The van der Waals surface area contributed by atoms with Crippen molar-refractivity contribution in [3.05, 3.63) is 84.0 Å². The second kappa shape index (κ2) is 8.09. The molecule has 3 aromatic heterocycles. The van der Waals surface area contributed by atoms with Crippen LogP contribution in [0.3, 0.4) is 0 Å². The summed E-state index contributed by atoms with van der Waals surface area (Å²) in [6.07, 6.45) is 6.46. The van der Waals surface area contributed by atoms with Gasteiger partial charge in [-0.25, -0.2) is 15.0 Å². The number of ketones is 1. The van der Waals surface area contributed by atoms with Crippen LogP contribution in [-0.4, -0.2) is 25.1 Å². The molecule has 3 heterocycles. The van der Waals surface area contributed by atoms with Gasteiger partial charge in [0.15, 0.2) is 5.15 Å². The molecule has 5 nitrogen and oxygen atoms in total. The highest BCUT2D eigenvalue weighted by Gasteiger charge is 2.26. The summed E-state index contributed by atoms with van der Waals surface area (Å²) in [4.78, 5) is 26.1. The van der Waals surface area contributed by atoms with Crippen molar-refractivity contribution in [1.82, 2.24) is 19.4 Å². The summed E-state index contributed by atoms with van der Waals surface area (Å²) < 4.78 is 2.04. The van der Waals surface area contributed by atoms with Crippen molar-refractivity contribution in [2.45, 2.75) is 31.6 Å². The quantitative estimate of drug-likeness (QED) is 0.314. The lowest BCUT2D eigenvalue weighted by Gasteiger charge is -2.19. The molecular weight excluding hydrogens is 432 g/mol. The van der Waals surface area contributed by atoms with Crippen molar-refractivity contribution in [3.8, 4) is 22.5 Å². The SMILES string of the molecule is O=C1CCC(c2nc(-c3ccc4ccc(-c5ccccc5)nc4c3)c3c(Cl)nccn23)CC1. The fraction of sp³-hybridized carbons (Fsp3) is 0.185. The second-order valence-corrected chi connectivity index (χ2v) is 8.90. The van der Waals surface area contributed by atoms with E-state index < -0.39 is 0 Å². The predicted molar refractivity (Wildman–Crippen MR) is 130 cm³/mol. The zero-order chi connectivity index (χ0) is 22.4. The van der Waals surface area contributed by atoms with E-state index in [9.17, 15) is 4.79 Å². The van der Waals surface area contributed by atoms with Gasteiger partial charge in [0.25, 0.3) is 0 Å². The highest BCUT2D eigenvalue weighted by atomic mass is 35.5. The number of nitrogens with zero attached hydrogens (tertiary/aromatic N) is 4. The van der Waals surface area contributed by atoms with E-state index in [1.54, 1.807) is 6.20 Å². The minimum Gasteiger partial charge on any atom is -0.300 e. The summed E-state index contributed by atoms with van der Waals surface area (Å²) in [6.45, 7) is 0. The molecule has 1 saturated carbocycles. The van der Waals surface area contributed by atoms with Crippen molar-refractivity contribution < 1.29 is 4.79 Å². The van der Waals surface area contributed by atoms with Gasteiger partial charge in [-0.2, -0.15) is 0 Å². The third-order valence-corrected chi connectivity index (χ3v) is 6.76. The second-order valence-electron chi connectivity index (χ2n) is 8.54. The highest BCUT2D eigenvalue weighted by molar-refractivity contribution is 6.33. The maximum Gasteiger partial charge on any atom is 0.155 e. The molecule has 1 fully saturated rings. The first-order chi connectivity index (χ1) is 16.2. The molecule has 2 aromatic carbocycles. The Labute approximate surface area is 196 Å². The smallest absolute Gasteiger partial charge is 0.155 e. The number of Topliss-reactive ketones (excluding diaryl/α,β-unsaturated/α-hetero) is 1. The number of aromatic nitrogens is 4. The maximum absolute atomic E-state index is 11.8. The molecule has 0 amide bonds. The number of pyridine rings is 1. The van der Waals surface area contributed by atoms with E-state index in [-0.39, 0.29) is 5.92 Å². The van der Waals surface area contributed by atoms with Gasteiger partial charge in [0, 0.05) is 47.7 Å². The first-order valence-electron chi connectivity index (χ1n) is 11.2. The Morgan fingerprint density at radius 1 is 0.909 bits per heavy atom. The lowest BCUT2D eigenvalue weighted by Crippen LogP contribution is -2.14. The molecule has 162 valence electrons. The minimum absolute atomic E-state index is 0.227. The number of hydrogen-bond acceptors (Lipinski definition) is 4. The van der Waals surface area contributed by atoms with Crippen molar-refractivity contribution >= 4 is 33.8 Å². The summed E-state index contributed by atoms with van der Waals surface area (Å²) in [5.41, 5.74) is 5.46. The molecule has 6 heteroatoms. The largest absolute Gasteiger partial charge is 0.300 e. The van der Waals surface area contributed by atoms with Crippen LogP contribution in [0.4, 0.5) is 0 Å². The Bertz CT molecular complexity index is 1500. The molecular formula is C27H21ClN4O. The van der Waals surface area contributed by atoms with Gasteiger partial charge in [0.2, 0.25) is 0 Å². The average Bonchev–Trinajstić information content (AvgIpc) is 3.25. The number of imidazole rings is 1. The molecule has 0 radical (unpaired) electrons. The van der Waals surface area contributed by atoms with E-state index in [0.717, 1.165) is 57.6 Å². The van der Waals surface area contributed by atoms with Gasteiger partial charge in [-0.3, -0.25) is 9.20 Å². The molecule has 0 saturated heterocycles. The number of fused-ring (bicyclic) bond motifs is 2. The molecule has 33 heavy (non-hydrogen) atoms. The summed E-state index contributed by atoms with van der Waals surface area (Å²) >= 11 is 6.57. The summed E-state index contributed by atoms with van der Waals surface area (Å²) in [6, 6.07) is 20.5. The first-order valence-corrected chi connectivity index (χ1v) is 11.6. The predicted octanol–water partition coefficient (Wildman–Crippen LogP) is 6.49. The Kier molecular flexibility index (Phi) is 4.92. The van der Waals surface area contributed by atoms with Gasteiger partial charge in [0.1, 0.15) is 17.1 Å².